The number of nitrogens with zero attached hydrogens (tertiary/aromatic N) is 1. The first-order valence-corrected chi connectivity index (χ1v) is 11.2. The lowest BCUT2D eigenvalue weighted by atomic mass is 10.1. The standard InChI is InChI=1S/C28H26N2S/c1-20-17-21(2)28(22(3)18-20)29-19-23-11-7-8-14-25(23)30-26-15-9-10-16-27(26)31-24-12-5-4-6-13-24/h4-19,30H,1-3H3. The number of benzene rings is 4. The molecular weight excluding hydrogens is 396 g/mol. The summed E-state index contributed by atoms with van der Waals surface area (Å²) < 4.78 is 0. The molecule has 0 atom stereocenters. The highest BCUT2D eigenvalue weighted by molar-refractivity contribution is 7.99. The number of rotatable bonds is 6. The van der Waals surface area contributed by atoms with Crippen molar-refractivity contribution in [1.29, 1.82) is 0 Å². The van der Waals surface area contributed by atoms with Crippen molar-refractivity contribution in [1.82, 2.24) is 0 Å². The fourth-order valence-electron chi connectivity index (χ4n) is 3.65. The fraction of sp³-hybridized carbons (Fsp3) is 0.107. The Morgan fingerprint density at radius 2 is 1.32 bits per heavy atom. The van der Waals surface area contributed by atoms with Gasteiger partial charge in [-0.25, -0.2) is 0 Å². The van der Waals surface area contributed by atoms with Gasteiger partial charge < -0.3 is 5.32 Å². The highest BCUT2D eigenvalue weighted by Gasteiger charge is 2.07. The van der Waals surface area contributed by atoms with Crippen LogP contribution in [0, 0.1) is 20.8 Å². The summed E-state index contributed by atoms with van der Waals surface area (Å²) >= 11 is 1.76. The Balaban J connectivity index is 1.62. The highest BCUT2D eigenvalue weighted by Crippen LogP contribution is 2.35. The summed E-state index contributed by atoms with van der Waals surface area (Å²) in [4.78, 5) is 7.24. The number of hydrogen-bond donors (Lipinski definition) is 1. The third kappa shape index (κ3) is 5.25. The molecule has 0 heterocycles. The molecule has 0 aliphatic rings. The molecule has 4 aromatic carbocycles. The van der Waals surface area contributed by atoms with E-state index in [1.54, 1.807) is 11.8 Å². The van der Waals surface area contributed by atoms with Gasteiger partial charge >= 0.3 is 0 Å². The molecule has 1 N–H and O–H groups in total. The van der Waals surface area contributed by atoms with Gasteiger partial charge in [-0.05, 0) is 62.2 Å². The van der Waals surface area contributed by atoms with Crippen molar-refractivity contribution >= 4 is 35.0 Å². The van der Waals surface area contributed by atoms with Crippen molar-refractivity contribution in [3.63, 3.8) is 0 Å². The van der Waals surface area contributed by atoms with Crippen LogP contribution in [-0.4, -0.2) is 6.21 Å². The summed E-state index contributed by atoms with van der Waals surface area (Å²) in [5.74, 6) is 0. The predicted molar refractivity (Wildman–Crippen MR) is 135 cm³/mol. The molecule has 3 heteroatoms. The number of anilines is 2. The Morgan fingerprint density at radius 1 is 0.710 bits per heavy atom. The van der Waals surface area contributed by atoms with Crippen LogP contribution in [0.5, 0.6) is 0 Å². The van der Waals surface area contributed by atoms with Crippen LogP contribution in [0.3, 0.4) is 0 Å². The van der Waals surface area contributed by atoms with Crippen LogP contribution in [0.25, 0.3) is 0 Å². The van der Waals surface area contributed by atoms with Crippen molar-refractivity contribution < 1.29 is 0 Å². The van der Waals surface area contributed by atoms with Crippen LogP contribution in [0.15, 0.2) is 106 Å². The van der Waals surface area contributed by atoms with Crippen molar-refractivity contribution in [2.45, 2.75) is 30.6 Å². The van der Waals surface area contributed by atoms with E-state index >= 15 is 0 Å². The van der Waals surface area contributed by atoms with Crippen LogP contribution in [0.2, 0.25) is 0 Å². The van der Waals surface area contributed by atoms with Gasteiger partial charge in [0, 0.05) is 27.3 Å². The van der Waals surface area contributed by atoms with Crippen LogP contribution in [0.1, 0.15) is 22.3 Å². The lowest BCUT2D eigenvalue weighted by molar-refractivity contribution is 1.29. The molecule has 4 rings (SSSR count). The summed E-state index contributed by atoms with van der Waals surface area (Å²) in [6, 6.07) is 31.5. The van der Waals surface area contributed by atoms with E-state index in [9.17, 15) is 0 Å². The second-order valence-corrected chi connectivity index (χ2v) is 8.74. The third-order valence-electron chi connectivity index (χ3n) is 5.06. The number of aryl methyl sites for hydroxylation is 3. The smallest absolute Gasteiger partial charge is 0.0688 e. The van der Waals surface area contributed by atoms with E-state index in [1.807, 2.05) is 18.3 Å². The number of hydrogen-bond acceptors (Lipinski definition) is 3. The van der Waals surface area contributed by atoms with Gasteiger partial charge in [0.2, 0.25) is 0 Å². The maximum atomic E-state index is 4.84. The van der Waals surface area contributed by atoms with E-state index in [4.69, 9.17) is 4.99 Å². The van der Waals surface area contributed by atoms with E-state index in [2.05, 4.69) is 105 Å². The molecule has 0 aliphatic carbocycles. The molecule has 0 radical (unpaired) electrons. The Morgan fingerprint density at radius 3 is 2.06 bits per heavy atom. The Hall–Kier alpha value is -3.30. The zero-order valence-electron chi connectivity index (χ0n) is 18.1. The molecule has 0 spiro atoms. The van der Waals surface area contributed by atoms with E-state index < -0.39 is 0 Å². The summed E-state index contributed by atoms with van der Waals surface area (Å²) in [5.41, 5.74) is 7.88. The van der Waals surface area contributed by atoms with Gasteiger partial charge in [0.25, 0.3) is 0 Å². The van der Waals surface area contributed by atoms with E-state index in [-0.39, 0.29) is 0 Å². The first-order valence-electron chi connectivity index (χ1n) is 10.4. The van der Waals surface area contributed by atoms with E-state index in [0.29, 0.717) is 0 Å². The molecule has 0 fully saturated rings. The molecule has 0 aromatic heterocycles. The quantitative estimate of drug-likeness (QED) is 0.316. The fourth-order valence-corrected chi connectivity index (χ4v) is 4.58. The molecule has 31 heavy (non-hydrogen) atoms. The van der Waals surface area contributed by atoms with E-state index in [0.717, 1.165) is 22.6 Å². The molecule has 0 saturated heterocycles. The van der Waals surface area contributed by atoms with Gasteiger partial charge in [-0.15, -0.1) is 0 Å². The van der Waals surface area contributed by atoms with Crippen molar-refractivity contribution in [2.75, 3.05) is 5.32 Å². The average molecular weight is 423 g/mol. The monoisotopic (exact) mass is 422 g/mol. The Bertz CT molecular complexity index is 1190. The molecular formula is C28H26N2S. The summed E-state index contributed by atoms with van der Waals surface area (Å²) in [6.07, 6.45) is 1.96. The second-order valence-electron chi connectivity index (χ2n) is 7.63. The number of aliphatic imine (C=N–C) groups is 1. The van der Waals surface area contributed by atoms with Crippen LogP contribution in [0.4, 0.5) is 17.1 Å². The van der Waals surface area contributed by atoms with Gasteiger partial charge in [-0.2, -0.15) is 0 Å². The van der Waals surface area contributed by atoms with Crippen molar-refractivity contribution in [2.24, 2.45) is 4.99 Å². The highest BCUT2D eigenvalue weighted by atomic mass is 32.2. The molecule has 0 unspecified atom stereocenters. The Labute approximate surface area is 189 Å². The van der Waals surface area contributed by atoms with Gasteiger partial charge in [-0.3, -0.25) is 4.99 Å². The van der Waals surface area contributed by atoms with Crippen molar-refractivity contribution in [3.05, 3.63) is 113 Å². The lowest BCUT2D eigenvalue weighted by Crippen LogP contribution is -1.97. The average Bonchev–Trinajstić information content (AvgIpc) is 2.76. The molecule has 0 bridgehead atoms. The molecule has 2 nitrogen and oxygen atoms in total. The van der Waals surface area contributed by atoms with Gasteiger partial charge in [0.15, 0.2) is 0 Å². The largest absolute Gasteiger partial charge is 0.354 e. The van der Waals surface area contributed by atoms with Crippen LogP contribution in [-0.2, 0) is 0 Å². The van der Waals surface area contributed by atoms with Crippen LogP contribution < -0.4 is 5.32 Å². The van der Waals surface area contributed by atoms with Gasteiger partial charge in [-0.1, -0.05) is 78.0 Å². The minimum Gasteiger partial charge on any atom is -0.354 e. The number of para-hydroxylation sites is 2. The summed E-state index contributed by atoms with van der Waals surface area (Å²) in [7, 11) is 0. The maximum Gasteiger partial charge on any atom is 0.0688 e. The van der Waals surface area contributed by atoms with Crippen LogP contribution >= 0.6 is 11.8 Å². The second kappa shape index (κ2) is 9.67. The zero-order chi connectivity index (χ0) is 21.6. The third-order valence-corrected chi connectivity index (χ3v) is 6.14. The first kappa shape index (κ1) is 21.0. The van der Waals surface area contributed by atoms with Gasteiger partial charge in [0.05, 0.1) is 11.4 Å². The van der Waals surface area contributed by atoms with Crippen molar-refractivity contribution in [3.8, 4) is 0 Å². The molecule has 0 saturated carbocycles. The SMILES string of the molecule is Cc1cc(C)c(N=Cc2ccccc2Nc2ccccc2Sc2ccccc2)c(C)c1. The predicted octanol–water partition coefficient (Wildman–Crippen LogP) is 8.26. The molecule has 154 valence electrons. The maximum absolute atomic E-state index is 4.84. The minimum absolute atomic E-state index is 1.04. The summed E-state index contributed by atoms with van der Waals surface area (Å²) in [6.45, 7) is 6.36. The number of nitrogens with one attached hydrogen (secondary N) is 1. The normalized spacial score (nSPS) is 11.1. The summed E-state index contributed by atoms with van der Waals surface area (Å²) in [5, 5.41) is 3.62. The zero-order valence-corrected chi connectivity index (χ0v) is 18.9. The van der Waals surface area contributed by atoms with Gasteiger partial charge in [0.1, 0.15) is 0 Å². The first-order chi connectivity index (χ1) is 15.1. The topological polar surface area (TPSA) is 24.4 Å². The molecule has 0 aliphatic heterocycles. The molecule has 0 amide bonds. The Kier molecular flexibility index (Phi) is 6.54. The van der Waals surface area contributed by atoms with E-state index in [1.165, 1.54) is 26.5 Å². The molecule has 4 aromatic rings. The lowest BCUT2D eigenvalue weighted by Gasteiger charge is -2.14. The minimum atomic E-state index is 1.04.